The average molecular weight is 158 g/mol. The first kappa shape index (κ1) is 9.94. The van der Waals surface area contributed by atoms with Crippen LogP contribution < -0.4 is 5.76 Å². The molecule has 0 aliphatic rings. The van der Waals surface area contributed by atoms with Gasteiger partial charge in [0.2, 0.25) is 5.89 Å². The van der Waals surface area contributed by atoms with Gasteiger partial charge in [0.15, 0.2) is 0 Å². The van der Waals surface area contributed by atoms with Gasteiger partial charge in [-0.1, -0.05) is 20.8 Å². The summed E-state index contributed by atoms with van der Waals surface area (Å²) in [5.41, 5.74) is 0. The molecule has 4 nitrogen and oxygen atoms in total. The van der Waals surface area contributed by atoms with Gasteiger partial charge in [0.05, 0.1) is 0 Å². The predicted molar refractivity (Wildman–Crippen MR) is 42.5 cm³/mol. The molecule has 0 unspecified atom stereocenters. The lowest BCUT2D eigenvalue weighted by Gasteiger charge is -1.81. The highest BCUT2D eigenvalue weighted by molar-refractivity contribution is 4.71. The van der Waals surface area contributed by atoms with E-state index in [4.69, 9.17) is 0 Å². The third-order valence-corrected chi connectivity index (χ3v) is 0.946. The Labute approximate surface area is 65.6 Å². The van der Waals surface area contributed by atoms with Gasteiger partial charge < -0.3 is 4.42 Å². The maximum absolute atomic E-state index is 10.3. The minimum atomic E-state index is -0.474. The summed E-state index contributed by atoms with van der Waals surface area (Å²) in [5.74, 6) is 0.0148. The van der Waals surface area contributed by atoms with Crippen molar-refractivity contribution in [3.05, 3.63) is 16.4 Å². The Kier molecular flexibility index (Phi) is 5.15. The molecule has 0 radical (unpaired) electrons. The first-order chi connectivity index (χ1) is 5.33. The molecule has 1 aromatic rings. The number of aromatic amines is 1. The molecular formula is C7H14N2O2. The molecule has 0 atom stereocenters. The third kappa shape index (κ3) is 3.60. The Morgan fingerprint density at radius 3 is 2.55 bits per heavy atom. The molecule has 0 saturated carbocycles. The lowest BCUT2D eigenvalue weighted by Crippen LogP contribution is -1.93. The van der Waals surface area contributed by atoms with E-state index >= 15 is 0 Å². The molecule has 1 heterocycles. The Morgan fingerprint density at radius 1 is 1.55 bits per heavy atom. The average Bonchev–Trinajstić information content (AvgIpc) is 2.41. The lowest BCUT2D eigenvalue weighted by atomic mass is 10.3. The topological polar surface area (TPSA) is 58.9 Å². The monoisotopic (exact) mass is 158 g/mol. The molecule has 11 heavy (non-hydrogen) atoms. The Hall–Kier alpha value is -1.06. The van der Waals surface area contributed by atoms with Crippen LogP contribution in [0, 0.1) is 0 Å². The summed E-state index contributed by atoms with van der Waals surface area (Å²) in [6.07, 6.45) is 1.66. The zero-order valence-electron chi connectivity index (χ0n) is 7.18. The minimum Gasteiger partial charge on any atom is -0.393 e. The van der Waals surface area contributed by atoms with Crippen molar-refractivity contribution >= 4 is 0 Å². The van der Waals surface area contributed by atoms with Crippen molar-refractivity contribution in [1.82, 2.24) is 10.2 Å². The fourth-order valence-corrected chi connectivity index (χ4v) is 0.581. The summed E-state index contributed by atoms with van der Waals surface area (Å²) in [5, 5.41) is 5.78. The number of nitrogens with one attached hydrogen (secondary N) is 1. The molecule has 4 heteroatoms. The van der Waals surface area contributed by atoms with Crippen molar-refractivity contribution in [2.24, 2.45) is 0 Å². The summed E-state index contributed by atoms with van der Waals surface area (Å²) in [4.78, 5) is 10.3. The summed E-state index contributed by atoms with van der Waals surface area (Å²) in [7, 11) is 0. The van der Waals surface area contributed by atoms with Crippen LogP contribution in [0.5, 0.6) is 0 Å². The fraction of sp³-hybridized carbons (Fsp3) is 0.714. The van der Waals surface area contributed by atoms with Crippen molar-refractivity contribution in [3.8, 4) is 0 Å². The fourth-order valence-electron chi connectivity index (χ4n) is 0.581. The van der Waals surface area contributed by atoms with Crippen LogP contribution in [0.3, 0.4) is 0 Å². The van der Waals surface area contributed by atoms with E-state index in [1.54, 1.807) is 0 Å². The van der Waals surface area contributed by atoms with Crippen LogP contribution in [0.15, 0.2) is 9.21 Å². The predicted octanol–water partition coefficient (Wildman–Crippen LogP) is 1.34. The first-order valence-corrected chi connectivity index (χ1v) is 3.87. The van der Waals surface area contributed by atoms with E-state index in [1.807, 2.05) is 20.8 Å². The highest BCUT2D eigenvalue weighted by Gasteiger charge is 1.96. The normalized spacial score (nSPS) is 8.64. The molecule has 0 saturated heterocycles. The van der Waals surface area contributed by atoms with Crippen molar-refractivity contribution in [2.75, 3.05) is 0 Å². The summed E-state index contributed by atoms with van der Waals surface area (Å²) in [6, 6.07) is 0. The van der Waals surface area contributed by atoms with Crippen molar-refractivity contribution in [1.29, 1.82) is 0 Å². The minimum absolute atomic E-state index is 0.474. The largest absolute Gasteiger partial charge is 0.434 e. The van der Waals surface area contributed by atoms with Gasteiger partial charge >= 0.3 is 5.76 Å². The smallest absolute Gasteiger partial charge is 0.393 e. The van der Waals surface area contributed by atoms with E-state index < -0.39 is 5.76 Å². The third-order valence-electron chi connectivity index (χ3n) is 0.946. The number of H-pyrrole nitrogens is 1. The molecule has 64 valence electrons. The Bertz CT molecular complexity index is 226. The molecule has 1 rings (SSSR count). The lowest BCUT2D eigenvalue weighted by molar-refractivity contribution is 0.459. The van der Waals surface area contributed by atoms with Gasteiger partial charge in [0.1, 0.15) is 0 Å². The van der Waals surface area contributed by atoms with Crippen molar-refractivity contribution < 1.29 is 4.42 Å². The maximum Gasteiger partial charge on any atom is 0.434 e. The standard InChI is InChI=1S/C5H8N2O2.C2H6/c1-2-3-4-6-7-5(8)9-4;1-2/h2-3H2,1H3,(H,7,8);1-2H3. The second-order valence-electron chi connectivity index (χ2n) is 1.76. The second kappa shape index (κ2) is 5.70. The summed E-state index contributed by atoms with van der Waals surface area (Å²) >= 11 is 0. The Balaban J connectivity index is 0.000000461. The molecule has 0 aliphatic carbocycles. The van der Waals surface area contributed by atoms with Crippen LogP contribution in [0.2, 0.25) is 0 Å². The van der Waals surface area contributed by atoms with Crippen LogP contribution in [0.4, 0.5) is 0 Å². The van der Waals surface area contributed by atoms with Gasteiger partial charge in [-0.15, -0.1) is 5.10 Å². The van der Waals surface area contributed by atoms with E-state index in [2.05, 4.69) is 14.6 Å². The maximum atomic E-state index is 10.3. The number of aromatic nitrogens is 2. The van der Waals surface area contributed by atoms with E-state index in [1.165, 1.54) is 0 Å². The van der Waals surface area contributed by atoms with Crippen molar-refractivity contribution in [3.63, 3.8) is 0 Å². The molecular weight excluding hydrogens is 144 g/mol. The highest BCUT2D eigenvalue weighted by Crippen LogP contribution is 1.91. The van der Waals surface area contributed by atoms with Crippen LogP contribution in [-0.2, 0) is 6.42 Å². The van der Waals surface area contributed by atoms with E-state index in [-0.39, 0.29) is 0 Å². The Morgan fingerprint density at radius 2 is 2.18 bits per heavy atom. The van der Waals surface area contributed by atoms with Crippen molar-refractivity contribution in [2.45, 2.75) is 33.6 Å². The van der Waals surface area contributed by atoms with Gasteiger partial charge in [-0.25, -0.2) is 9.89 Å². The molecule has 0 aromatic carbocycles. The zero-order valence-corrected chi connectivity index (χ0v) is 7.18. The highest BCUT2D eigenvalue weighted by atomic mass is 16.4. The first-order valence-electron chi connectivity index (χ1n) is 3.87. The number of aryl methyl sites for hydroxylation is 1. The molecule has 0 amide bonds. The molecule has 0 fully saturated rings. The SMILES string of the molecule is CC.CCCc1n[nH]c(=O)o1. The molecule has 0 aliphatic heterocycles. The van der Waals surface area contributed by atoms with Gasteiger partial charge in [-0.3, -0.25) is 0 Å². The zero-order chi connectivity index (χ0) is 8.69. The van der Waals surface area contributed by atoms with E-state index in [9.17, 15) is 4.79 Å². The summed E-state index contributed by atoms with van der Waals surface area (Å²) in [6.45, 7) is 5.99. The van der Waals surface area contributed by atoms with Crippen LogP contribution >= 0.6 is 0 Å². The molecule has 0 bridgehead atoms. The molecule has 1 aromatic heterocycles. The second-order valence-corrected chi connectivity index (χ2v) is 1.76. The van der Waals surface area contributed by atoms with E-state index in [0.29, 0.717) is 5.89 Å². The number of hydrogen-bond donors (Lipinski definition) is 1. The quantitative estimate of drug-likeness (QED) is 0.706. The molecule has 0 spiro atoms. The van der Waals surface area contributed by atoms with Gasteiger partial charge in [-0.05, 0) is 6.42 Å². The van der Waals surface area contributed by atoms with Gasteiger partial charge in [0, 0.05) is 6.42 Å². The summed E-state index contributed by atoms with van der Waals surface area (Å²) < 4.78 is 4.60. The molecule has 1 N–H and O–H groups in total. The number of nitrogens with zero attached hydrogens (tertiary/aromatic N) is 1. The van der Waals surface area contributed by atoms with Crippen LogP contribution in [-0.4, -0.2) is 10.2 Å². The van der Waals surface area contributed by atoms with Crippen LogP contribution in [0.1, 0.15) is 33.1 Å². The van der Waals surface area contributed by atoms with Gasteiger partial charge in [0.25, 0.3) is 0 Å². The van der Waals surface area contributed by atoms with Gasteiger partial charge in [-0.2, -0.15) is 0 Å². The van der Waals surface area contributed by atoms with E-state index in [0.717, 1.165) is 12.8 Å². The number of hydrogen-bond acceptors (Lipinski definition) is 3. The number of rotatable bonds is 2. The van der Waals surface area contributed by atoms with Crippen LogP contribution in [0.25, 0.3) is 0 Å².